The second-order valence-electron chi connectivity index (χ2n) is 6.42. The quantitative estimate of drug-likeness (QED) is 0.714. The molecule has 3 N–H and O–H groups in total. The van der Waals surface area contributed by atoms with Crippen LogP contribution in [0.3, 0.4) is 0 Å². The molecular formula is C18H25N5O2. The molecule has 1 saturated heterocycles. The van der Waals surface area contributed by atoms with Gasteiger partial charge in [0.05, 0.1) is 18.4 Å². The van der Waals surface area contributed by atoms with Gasteiger partial charge in [-0.3, -0.25) is 4.79 Å². The summed E-state index contributed by atoms with van der Waals surface area (Å²) in [5, 5.41) is 8.45. The zero-order valence-corrected chi connectivity index (χ0v) is 14.4. The van der Waals surface area contributed by atoms with Gasteiger partial charge in [0.15, 0.2) is 0 Å². The molecular weight excluding hydrogens is 318 g/mol. The van der Waals surface area contributed by atoms with E-state index in [0.29, 0.717) is 25.3 Å². The molecule has 25 heavy (non-hydrogen) atoms. The van der Waals surface area contributed by atoms with Crippen LogP contribution < -0.4 is 20.9 Å². The number of hydrogen-bond acceptors (Lipinski definition) is 4. The number of carbonyl (C=O) groups excluding carboxylic acids is 2. The highest BCUT2D eigenvalue weighted by Gasteiger charge is 2.17. The highest BCUT2D eigenvalue weighted by molar-refractivity contribution is 5.89. The van der Waals surface area contributed by atoms with Gasteiger partial charge in [-0.15, -0.1) is 0 Å². The van der Waals surface area contributed by atoms with Crippen LogP contribution in [0.4, 0.5) is 16.3 Å². The Balaban J connectivity index is 1.43. The monoisotopic (exact) mass is 343 g/mol. The van der Waals surface area contributed by atoms with Crippen molar-refractivity contribution in [3.05, 3.63) is 30.0 Å². The molecule has 0 unspecified atom stereocenters. The predicted octanol–water partition coefficient (Wildman–Crippen LogP) is 2.03. The molecule has 1 aliphatic carbocycles. The third kappa shape index (κ3) is 5.20. The van der Waals surface area contributed by atoms with Crippen molar-refractivity contribution in [2.45, 2.75) is 32.1 Å². The SMILES string of the molecule is O=C1CN(c2ccc(NC(=O)NCCC3=CCCCC3)cn2)CCN1. The number of hydrogen-bond donors (Lipinski definition) is 3. The molecule has 0 radical (unpaired) electrons. The lowest BCUT2D eigenvalue weighted by Crippen LogP contribution is -2.48. The van der Waals surface area contributed by atoms with Gasteiger partial charge < -0.3 is 20.9 Å². The minimum absolute atomic E-state index is 0.00251. The first-order valence-electron chi connectivity index (χ1n) is 8.91. The lowest BCUT2D eigenvalue weighted by atomic mass is 9.97. The molecule has 7 nitrogen and oxygen atoms in total. The number of amides is 3. The third-order valence-corrected chi connectivity index (χ3v) is 4.48. The number of anilines is 2. The molecule has 0 saturated carbocycles. The Hall–Kier alpha value is -2.57. The molecule has 0 aromatic carbocycles. The van der Waals surface area contributed by atoms with E-state index in [9.17, 15) is 9.59 Å². The summed E-state index contributed by atoms with van der Waals surface area (Å²) in [6, 6.07) is 3.40. The van der Waals surface area contributed by atoms with Crippen LogP contribution in [0.5, 0.6) is 0 Å². The fourth-order valence-corrected chi connectivity index (χ4v) is 3.12. The Morgan fingerprint density at radius 2 is 2.24 bits per heavy atom. The normalized spacial score (nSPS) is 17.5. The minimum atomic E-state index is -0.219. The molecule has 7 heteroatoms. The fraction of sp³-hybridized carbons (Fsp3) is 0.500. The van der Waals surface area contributed by atoms with Crippen LogP contribution in [-0.2, 0) is 4.79 Å². The van der Waals surface area contributed by atoms with Gasteiger partial charge in [-0.1, -0.05) is 11.6 Å². The predicted molar refractivity (Wildman–Crippen MR) is 97.6 cm³/mol. The van der Waals surface area contributed by atoms with Crippen LogP contribution >= 0.6 is 0 Å². The highest BCUT2D eigenvalue weighted by atomic mass is 16.2. The Morgan fingerprint density at radius 3 is 2.96 bits per heavy atom. The second kappa shape index (κ2) is 8.50. The maximum absolute atomic E-state index is 12.0. The van der Waals surface area contributed by atoms with Crippen LogP contribution in [0, 0.1) is 0 Å². The number of allylic oxidation sites excluding steroid dienone is 1. The van der Waals surface area contributed by atoms with E-state index < -0.39 is 0 Å². The molecule has 1 aromatic heterocycles. The van der Waals surface area contributed by atoms with E-state index in [0.717, 1.165) is 31.6 Å². The van der Waals surface area contributed by atoms with Crippen molar-refractivity contribution >= 4 is 23.4 Å². The largest absolute Gasteiger partial charge is 0.353 e. The van der Waals surface area contributed by atoms with Crippen molar-refractivity contribution in [1.82, 2.24) is 15.6 Å². The van der Waals surface area contributed by atoms with E-state index in [1.54, 1.807) is 12.3 Å². The summed E-state index contributed by atoms with van der Waals surface area (Å²) in [6.45, 7) is 2.32. The first kappa shape index (κ1) is 17.3. The van der Waals surface area contributed by atoms with Gasteiger partial charge in [-0.25, -0.2) is 9.78 Å². The van der Waals surface area contributed by atoms with Crippen molar-refractivity contribution < 1.29 is 9.59 Å². The Labute approximate surface area is 147 Å². The lowest BCUT2D eigenvalue weighted by Gasteiger charge is -2.27. The number of aromatic nitrogens is 1. The average molecular weight is 343 g/mol. The molecule has 1 aliphatic heterocycles. The summed E-state index contributed by atoms with van der Waals surface area (Å²) in [6.07, 6.45) is 9.69. The number of pyridine rings is 1. The number of piperazine rings is 1. The van der Waals surface area contributed by atoms with Crippen molar-refractivity contribution in [3.8, 4) is 0 Å². The van der Waals surface area contributed by atoms with E-state index in [-0.39, 0.29) is 11.9 Å². The third-order valence-electron chi connectivity index (χ3n) is 4.48. The van der Waals surface area contributed by atoms with Gasteiger partial charge in [0.1, 0.15) is 5.82 Å². The van der Waals surface area contributed by atoms with E-state index in [4.69, 9.17) is 0 Å². The molecule has 134 valence electrons. The summed E-state index contributed by atoms with van der Waals surface area (Å²) in [4.78, 5) is 29.6. The molecule has 1 fully saturated rings. The van der Waals surface area contributed by atoms with Crippen molar-refractivity contribution in [2.75, 3.05) is 36.4 Å². The van der Waals surface area contributed by atoms with E-state index >= 15 is 0 Å². The Bertz CT molecular complexity index is 641. The summed E-state index contributed by atoms with van der Waals surface area (Å²) in [5.74, 6) is 0.743. The molecule has 0 atom stereocenters. The number of nitrogens with zero attached hydrogens (tertiary/aromatic N) is 2. The first-order valence-corrected chi connectivity index (χ1v) is 8.91. The Morgan fingerprint density at radius 1 is 1.32 bits per heavy atom. The standard InChI is InChI=1S/C18H25N5O2/c24-17-13-23(11-10-19-17)16-7-6-15(12-21-16)22-18(25)20-9-8-14-4-2-1-3-5-14/h4,6-7,12H,1-3,5,8-11,13H2,(H,19,24)(H2,20,22,25). The topological polar surface area (TPSA) is 86.4 Å². The lowest BCUT2D eigenvalue weighted by molar-refractivity contribution is -0.120. The molecule has 2 aliphatic rings. The number of nitrogens with one attached hydrogen (secondary N) is 3. The molecule has 1 aromatic rings. The summed E-state index contributed by atoms with van der Waals surface area (Å²) in [5.41, 5.74) is 2.09. The second-order valence-corrected chi connectivity index (χ2v) is 6.42. The highest BCUT2D eigenvalue weighted by Crippen LogP contribution is 2.19. The van der Waals surface area contributed by atoms with Crippen LogP contribution in [-0.4, -0.2) is 43.1 Å². The molecule has 0 bridgehead atoms. The van der Waals surface area contributed by atoms with Gasteiger partial charge in [0.25, 0.3) is 0 Å². The minimum Gasteiger partial charge on any atom is -0.353 e. The average Bonchev–Trinajstić information content (AvgIpc) is 2.63. The maximum atomic E-state index is 12.0. The Kier molecular flexibility index (Phi) is 5.87. The molecule has 3 rings (SSSR count). The van der Waals surface area contributed by atoms with Gasteiger partial charge in [-0.2, -0.15) is 0 Å². The summed E-state index contributed by atoms with van der Waals surface area (Å²) >= 11 is 0. The molecule has 0 spiro atoms. The van der Waals surface area contributed by atoms with Gasteiger partial charge in [-0.05, 0) is 44.2 Å². The zero-order valence-electron chi connectivity index (χ0n) is 14.4. The van der Waals surface area contributed by atoms with Crippen LogP contribution in [0.15, 0.2) is 30.0 Å². The van der Waals surface area contributed by atoms with E-state index in [1.165, 1.54) is 18.4 Å². The number of carbonyl (C=O) groups is 2. The van der Waals surface area contributed by atoms with E-state index in [2.05, 4.69) is 27.0 Å². The van der Waals surface area contributed by atoms with Gasteiger partial charge in [0.2, 0.25) is 5.91 Å². The summed E-state index contributed by atoms with van der Waals surface area (Å²) in [7, 11) is 0. The summed E-state index contributed by atoms with van der Waals surface area (Å²) < 4.78 is 0. The van der Waals surface area contributed by atoms with E-state index in [1.807, 2.05) is 11.0 Å². The number of urea groups is 1. The smallest absolute Gasteiger partial charge is 0.319 e. The van der Waals surface area contributed by atoms with Crippen LogP contribution in [0.1, 0.15) is 32.1 Å². The fourth-order valence-electron chi connectivity index (χ4n) is 3.12. The van der Waals surface area contributed by atoms with Crippen LogP contribution in [0.2, 0.25) is 0 Å². The van der Waals surface area contributed by atoms with Crippen LogP contribution in [0.25, 0.3) is 0 Å². The van der Waals surface area contributed by atoms with Crippen molar-refractivity contribution in [1.29, 1.82) is 0 Å². The van der Waals surface area contributed by atoms with Crippen molar-refractivity contribution in [3.63, 3.8) is 0 Å². The number of rotatable bonds is 5. The molecule has 3 amide bonds. The van der Waals surface area contributed by atoms with Gasteiger partial charge in [0, 0.05) is 19.6 Å². The van der Waals surface area contributed by atoms with Gasteiger partial charge >= 0.3 is 6.03 Å². The zero-order chi connectivity index (χ0) is 17.5. The first-order chi connectivity index (χ1) is 12.2. The van der Waals surface area contributed by atoms with Crippen molar-refractivity contribution in [2.24, 2.45) is 0 Å². The maximum Gasteiger partial charge on any atom is 0.319 e. The molecule has 2 heterocycles.